The van der Waals surface area contributed by atoms with Gasteiger partial charge in [-0.05, 0) is 36.2 Å². The molecule has 1 unspecified atom stereocenters. The van der Waals surface area contributed by atoms with E-state index >= 15 is 0 Å². The summed E-state index contributed by atoms with van der Waals surface area (Å²) in [7, 11) is 3.23. The quantitative estimate of drug-likeness (QED) is 0.914. The minimum Gasteiger partial charge on any atom is -0.497 e. The molecule has 0 bridgehead atoms. The molecule has 1 atom stereocenters. The lowest BCUT2D eigenvalue weighted by molar-refractivity contribution is 0.393. The zero-order valence-corrected chi connectivity index (χ0v) is 11.3. The summed E-state index contributed by atoms with van der Waals surface area (Å²) in [5.74, 6) is 1.44. The van der Waals surface area contributed by atoms with E-state index in [-0.39, 0.29) is 6.04 Å². The molecule has 5 nitrogen and oxygen atoms in total. The van der Waals surface area contributed by atoms with Crippen molar-refractivity contribution in [3.8, 4) is 11.5 Å². The molecule has 1 aromatic heterocycles. The smallest absolute Gasteiger partial charge is 0.122 e. The Morgan fingerprint density at radius 2 is 1.78 bits per heavy atom. The fourth-order valence-corrected chi connectivity index (χ4v) is 2.36. The van der Waals surface area contributed by atoms with E-state index in [2.05, 4.69) is 9.59 Å². The molecule has 0 aliphatic rings. The van der Waals surface area contributed by atoms with Gasteiger partial charge >= 0.3 is 0 Å². The van der Waals surface area contributed by atoms with Crippen molar-refractivity contribution in [1.82, 2.24) is 9.59 Å². The number of aryl methyl sites for hydroxylation is 1. The van der Waals surface area contributed by atoms with Gasteiger partial charge in [-0.1, -0.05) is 4.49 Å². The van der Waals surface area contributed by atoms with Crippen molar-refractivity contribution in [1.29, 1.82) is 0 Å². The Morgan fingerprint density at radius 3 is 2.22 bits per heavy atom. The SMILES string of the molecule is COc1cc(OC)cc(C(N)c2snnc2C)c1. The number of nitrogens with two attached hydrogens (primary N) is 1. The molecule has 0 saturated carbocycles. The molecule has 1 aromatic carbocycles. The van der Waals surface area contributed by atoms with E-state index in [4.69, 9.17) is 15.2 Å². The van der Waals surface area contributed by atoms with E-state index in [1.165, 1.54) is 11.5 Å². The molecule has 0 spiro atoms. The fraction of sp³-hybridized carbons (Fsp3) is 0.333. The van der Waals surface area contributed by atoms with Gasteiger partial charge in [0.05, 0.1) is 30.8 Å². The number of nitrogens with zero attached hydrogens (tertiary/aromatic N) is 2. The van der Waals surface area contributed by atoms with Crippen molar-refractivity contribution >= 4 is 11.5 Å². The summed E-state index contributed by atoms with van der Waals surface area (Å²) in [6.07, 6.45) is 0. The van der Waals surface area contributed by atoms with E-state index in [0.29, 0.717) is 0 Å². The normalized spacial score (nSPS) is 12.2. The second-order valence-corrected chi connectivity index (χ2v) is 4.63. The molecule has 0 fully saturated rings. The maximum Gasteiger partial charge on any atom is 0.122 e. The van der Waals surface area contributed by atoms with Crippen LogP contribution in [-0.2, 0) is 0 Å². The topological polar surface area (TPSA) is 70.3 Å². The summed E-state index contributed by atoms with van der Waals surface area (Å²) < 4.78 is 14.4. The summed E-state index contributed by atoms with van der Waals surface area (Å²) >= 11 is 1.31. The molecule has 0 aliphatic carbocycles. The number of aromatic nitrogens is 2. The Balaban J connectivity index is 2.41. The second-order valence-electron chi connectivity index (χ2n) is 3.85. The van der Waals surface area contributed by atoms with E-state index in [0.717, 1.165) is 27.6 Å². The number of benzene rings is 1. The lowest BCUT2D eigenvalue weighted by Crippen LogP contribution is -2.12. The maximum absolute atomic E-state index is 6.23. The fourth-order valence-electron chi connectivity index (χ4n) is 1.68. The van der Waals surface area contributed by atoms with Crippen LogP contribution >= 0.6 is 11.5 Å². The largest absolute Gasteiger partial charge is 0.497 e. The van der Waals surface area contributed by atoms with Crippen LogP contribution in [0.25, 0.3) is 0 Å². The predicted molar refractivity (Wildman–Crippen MR) is 70.2 cm³/mol. The highest BCUT2D eigenvalue weighted by molar-refractivity contribution is 7.05. The Kier molecular flexibility index (Phi) is 3.78. The van der Waals surface area contributed by atoms with Crippen LogP contribution in [0.3, 0.4) is 0 Å². The first kappa shape index (κ1) is 12.8. The first-order valence-corrected chi connectivity index (χ1v) is 6.20. The van der Waals surface area contributed by atoms with E-state index in [1.54, 1.807) is 14.2 Å². The summed E-state index contributed by atoms with van der Waals surface area (Å²) in [6.45, 7) is 1.90. The zero-order chi connectivity index (χ0) is 13.1. The molecule has 0 amide bonds. The Hall–Kier alpha value is -1.66. The molecule has 2 N–H and O–H groups in total. The van der Waals surface area contributed by atoms with E-state index < -0.39 is 0 Å². The zero-order valence-electron chi connectivity index (χ0n) is 10.5. The summed E-state index contributed by atoms with van der Waals surface area (Å²) in [6, 6.07) is 5.33. The van der Waals surface area contributed by atoms with Gasteiger partial charge in [-0.2, -0.15) is 0 Å². The first-order valence-electron chi connectivity index (χ1n) is 5.43. The molecule has 0 aliphatic heterocycles. The van der Waals surface area contributed by atoms with Gasteiger partial charge < -0.3 is 15.2 Å². The molecule has 0 saturated heterocycles. The van der Waals surface area contributed by atoms with Crippen molar-refractivity contribution in [3.05, 3.63) is 34.3 Å². The monoisotopic (exact) mass is 265 g/mol. The van der Waals surface area contributed by atoms with Gasteiger partial charge in [0, 0.05) is 6.07 Å². The highest BCUT2D eigenvalue weighted by Crippen LogP contribution is 2.30. The van der Waals surface area contributed by atoms with Crippen LogP contribution in [0.4, 0.5) is 0 Å². The van der Waals surface area contributed by atoms with Crippen LogP contribution in [0, 0.1) is 6.92 Å². The molecule has 18 heavy (non-hydrogen) atoms. The Labute approximate surface area is 110 Å². The minimum absolute atomic E-state index is 0.269. The van der Waals surface area contributed by atoms with Crippen LogP contribution in [0.15, 0.2) is 18.2 Å². The molecule has 96 valence electrons. The Morgan fingerprint density at radius 1 is 1.17 bits per heavy atom. The number of hydrogen-bond donors (Lipinski definition) is 1. The molecule has 2 rings (SSSR count). The van der Waals surface area contributed by atoms with Crippen molar-refractivity contribution in [2.24, 2.45) is 5.73 Å². The highest BCUT2D eigenvalue weighted by atomic mass is 32.1. The number of methoxy groups -OCH3 is 2. The number of rotatable bonds is 4. The van der Waals surface area contributed by atoms with Crippen LogP contribution in [0.1, 0.15) is 22.2 Å². The predicted octanol–water partition coefficient (Wildman–Crippen LogP) is 1.91. The number of ether oxygens (including phenoxy) is 2. The third-order valence-electron chi connectivity index (χ3n) is 2.70. The van der Waals surface area contributed by atoms with Gasteiger partial charge in [0.25, 0.3) is 0 Å². The van der Waals surface area contributed by atoms with Gasteiger partial charge in [-0.15, -0.1) is 5.10 Å². The van der Waals surface area contributed by atoms with Gasteiger partial charge in [-0.3, -0.25) is 0 Å². The van der Waals surface area contributed by atoms with E-state index in [9.17, 15) is 0 Å². The lowest BCUT2D eigenvalue weighted by atomic mass is 10.0. The molecule has 1 heterocycles. The minimum atomic E-state index is -0.269. The van der Waals surface area contributed by atoms with Crippen molar-refractivity contribution < 1.29 is 9.47 Å². The first-order chi connectivity index (χ1) is 8.65. The highest BCUT2D eigenvalue weighted by Gasteiger charge is 2.16. The average Bonchev–Trinajstić information content (AvgIpc) is 2.83. The third kappa shape index (κ3) is 2.44. The Bertz CT molecular complexity index is 520. The molecular formula is C12H15N3O2S. The summed E-state index contributed by atoms with van der Waals surface area (Å²) in [4.78, 5) is 0.949. The van der Waals surface area contributed by atoms with Crippen molar-refractivity contribution in [2.75, 3.05) is 14.2 Å². The summed E-state index contributed by atoms with van der Waals surface area (Å²) in [5, 5.41) is 3.97. The standard InChI is InChI=1S/C12H15N3O2S/c1-7-12(18-15-14-7)11(13)8-4-9(16-2)6-10(5-8)17-3/h4-6,11H,13H2,1-3H3. The third-order valence-corrected chi connectivity index (χ3v) is 3.61. The van der Waals surface area contributed by atoms with Gasteiger partial charge in [0.1, 0.15) is 11.5 Å². The summed E-state index contributed by atoms with van der Waals surface area (Å²) in [5.41, 5.74) is 8.00. The van der Waals surface area contributed by atoms with Gasteiger partial charge in [-0.25, -0.2) is 0 Å². The molecular weight excluding hydrogens is 250 g/mol. The van der Waals surface area contributed by atoms with Crippen LogP contribution < -0.4 is 15.2 Å². The number of hydrogen-bond acceptors (Lipinski definition) is 6. The van der Waals surface area contributed by atoms with Crippen molar-refractivity contribution in [3.63, 3.8) is 0 Å². The molecule has 6 heteroatoms. The molecule has 2 aromatic rings. The average molecular weight is 265 g/mol. The van der Waals surface area contributed by atoms with Crippen LogP contribution in [0.2, 0.25) is 0 Å². The van der Waals surface area contributed by atoms with Crippen LogP contribution in [-0.4, -0.2) is 23.8 Å². The lowest BCUT2D eigenvalue weighted by Gasteiger charge is -2.13. The van der Waals surface area contributed by atoms with Crippen molar-refractivity contribution in [2.45, 2.75) is 13.0 Å². The van der Waals surface area contributed by atoms with E-state index in [1.807, 2.05) is 25.1 Å². The maximum atomic E-state index is 6.23. The molecule has 0 radical (unpaired) electrons. The second kappa shape index (κ2) is 5.32. The van der Waals surface area contributed by atoms with Crippen LogP contribution in [0.5, 0.6) is 11.5 Å². The van der Waals surface area contributed by atoms with Gasteiger partial charge in [0.2, 0.25) is 0 Å². The van der Waals surface area contributed by atoms with Gasteiger partial charge in [0.15, 0.2) is 0 Å².